The highest BCUT2D eigenvalue weighted by atomic mass is 32.2. The van der Waals surface area contributed by atoms with E-state index in [1.54, 1.807) is 0 Å². The van der Waals surface area contributed by atoms with Crippen LogP contribution in [0.4, 0.5) is 0 Å². The zero-order valence-electron chi connectivity index (χ0n) is 11.5. The number of nitrogens with one attached hydrogen (secondary N) is 1. The molecule has 0 radical (unpaired) electrons. The first-order valence-corrected chi connectivity index (χ1v) is 8.73. The van der Waals surface area contributed by atoms with Crippen molar-refractivity contribution in [2.24, 2.45) is 5.92 Å². The molecule has 6 nitrogen and oxygen atoms in total. The number of carbonyl (C=O) groups is 1. The van der Waals surface area contributed by atoms with Crippen LogP contribution in [-0.2, 0) is 21.2 Å². The van der Waals surface area contributed by atoms with Crippen LogP contribution in [0.2, 0.25) is 0 Å². The fraction of sp³-hybridized carbons (Fsp3) is 0.500. The Kier molecular flexibility index (Phi) is 3.75. The van der Waals surface area contributed by atoms with Crippen molar-refractivity contribution in [1.29, 1.82) is 0 Å². The minimum absolute atomic E-state index is 0.0503. The minimum atomic E-state index is -3.04. The Bertz CT molecular complexity index is 655. The van der Waals surface area contributed by atoms with Crippen molar-refractivity contribution in [2.45, 2.75) is 13.0 Å². The van der Waals surface area contributed by atoms with Crippen molar-refractivity contribution in [3.63, 3.8) is 0 Å². The Labute approximate surface area is 123 Å². The molecule has 0 spiro atoms. The Morgan fingerprint density at radius 3 is 2.86 bits per heavy atom. The van der Waals surface area contributed by atoms with Crippen LogP contribution in [0.1, 0.15) is 12.0 Å². The number of sulfone groups is 1. The summed E-state index contributed by atoms with van der Waals surface area (Å²) in [4.78, 5) is 12.0. The molecule has 1 N–H and O–H groups in total. The molecule has 114 valence electrons. The molecule has 2 heterocycles. The quantitative estimate of drug-likeness (QED) is 0.879. The molecule has 1 unspecified atom stereocenters. The molecule has 2 aliphatic heterocycles. The first kappa shape index (κ1) is 14.2. The van der Waals surface area contributed by atoms with E-state index in [1.807, 2.05) is 18.2 Å². The maximum atomic E-state index is 12.0. The number of fused-ring (bicyclic) bond motifs is 1. The number of rotatable bonds is 3. The second kappa shape index (κ2) is 5.55. The van der Waals surface area contributed by atoms with Gasteiger partial charge in [0.05, 0.1) is 17.4 Å². The van der Waals surface area contributed by atoms with Crippen molar-refractivity contribution in [2.75, 3.05) is 24.7 Å². The highest BCUT2D eigenvalue weighted by Crippen LogP contribution is 2.33. The zero-order chi connectivity index (χ0) is 14.9. The van der Waals surface area contributed by atoms with E-state index in [0.717, 1.165) is 5.56 Å². The maximum Gasteiger partial charge on any atom is 0.224 e. The van der Waals surface area contributed by atoms with Gasteiger partial charge in [-0.2, -0.15) is 0 Å². The van der Waals surface area contributed by atoms with Crippen molar-refractivity contribution < 1.29 is 22.7 Å². The summed E-state index contributed by atoms with van der Waals surface area (Å²) in [6.07, 6.45) is 0.403. The van der Waals surface area contributed by atoms with Gasteiger partial charge in [-0.1, -0.05) is 12.1 Å². The topological polar surface area (TPSA) is 81.7 Å². The SMILES string of the molecule is O=C(NCc1cccc2c1OCCO2)C1CCS(=O)(=O)C1. The van der Waals surface area contributed by atoms with E-state index >= 15 is 0 Å². The fourth-order valence-electron chi connectivity index (χ4n) is 2.60. The van der Waals surface area contributed by atoms with Crippen molar-refractivity contribution in [3.05, 3.63) is 23.8 Å². The summed E-state index contributed by atoms with van der Waals surface area (Å²) in [5.74, 6) is 0.727. The van der Waals surface area contributed by atoms with E-state index in [0.29, 0.717) is 37.7 Å². The van der Waals surface area contributed by atoms with E-state index in [-0.39, 0.29) is 17.4 Å². The molecule has 3 rings (SSSR count). The molecule has 7 heteroatoms. The summed E-state index contributed by atoms with van der Waals surface area (Å²) in [7, 11) is -3.04. The van der Waals surface area contributed by atoms with Gasteiger partial charge in [-0.3, -0.25) is 4.79 Å². The summed E-state index contributed by atoms with van der Waals surface area (Å²) in [5.41, 5.74) is 0.835. The predicted molar refractivity (Wildman–Crippen MR) is 76.0 cm³/mol. The van der Waals surface area contributed by atoms with E-state index in [9.17, 15) is 13.2 Å². The standard InChI is InChI=1S/C14H17NO5S/c16-14(11-4-7-21(17,18)9-11)15-8-10-2-1-3-12-13(10)20-6-5-19-12/h1-3,11H,4-9H2,(H,15,16). The lowest BCUT2D eigenvalue weighted by Gasteiger charge is -2.21. The molecule has 1 saturated heterocycles. The Hall–Kier alpha value is -1.76. The van der Waals surface area contributed by atoms with E-state index in [1.165, 1.54) is 0 Å². The summed E-state index contributed by atoms with van der Waals surface area (Å²) in [5, 5.41) is 2.79. The van der Waals surface area contributed by atoms with E-state index in [4.69, 9.17) is 9.47 Å². The van der Waals surface area contributed by atoms with E-state index in [2.05, 4.69) is 5.32 Å². The van der Waals surface area contributed by atoms with Gasteiger partial charge in [0.15, 0.2) is 21.3 Å². The van der Waals surface area contributed by atoms with Crippen LogP contribution in [0, 0.1) is 5.92 Å². The third-order valence-electron chi connectivity index (χ3n) is 3.70. The van der Waals surface area contributed by atoms with Crippen molar-refractivity contribution in [3.8, 4) is 11.5 Å². The first-order chi connectivity index (χ1) is 10.1. The molecular weight excluding hydrogens is 294 g/mol. The third-order valence-corrected chi connectivity index (χ3v) is 5.47. The summed E-state index contributed by atoms with van der Waals surface area (Å²) < 4.78 is 33.8. The Morgan fingerprint density at radius 1 is 1.29 bits per heavy atom. The van der Waals surface area contributed by atoms with Crippen LogP contribution in [0.15, 0.2) is 18.2 Å². The van der Waals surface area contributed by atoms with Gasteiger partial charge in [-0.25, -0.2) is 8.42 Å². The monoisotopic (exact) mass is 311 g/mol. The lowest BCUT2D eigenvalue weighted by Crippen LogP contribution is -2.31. The van der Waals surface area contributed by atoms with Gasteiger partial charge in [0.1, 0.15) is 13.2 Å². The van der Waals surface area contributed by atoms with Gasteiger partial charge in [-0.15, -0.1) is 0 Å². The molecule has 1 atom stereocenters. The maximum absolute atomic E-state index is 12.0. The van der Waals surface area contributed by atoms with Crippen molar-refractivity contribution in [1.82, 2.24) is 5.32 Å². The number of hydrogen-bond donors (Lipinski definition) is 1. The van der Waals surface area contributed by atoms with Crippen LogP contribution < -0.4 is 14.8 Å². The van der Waals surface area contributed by atoms with Crippen LogP contribution in [0.25, 0.3) is 0 Å². The van der Waals surface area contributed by atoms with Crippen LogP contribution in [0.5, 0.6) is 11.5 Å². The number of carbonyl (C=O) groups excluding carboxylic acids is 1. The Balaban J connectivity index is 1.64. The molecule has 1 aromatic rings. The van der Waals surface area contributed by atoms with Gasteiger partial charge >= 0.3 is 0 Å². The first-order valence-electron chi connectivity index (χ1n) is 6.91. The molecule has 0 saturated carbocycles. The second-order valence-corrected chi connectivity index (χ2v) is 7.49. The third kappa shape index (κ3) is 3.12. The minimum Gasteiger partial charge on any atom is -0.486 e. The number of amides is 1. The largest absolute Gasteiger partial charge is 0.486 e. The molecule has 0 bridgehead atoms. The molecule has 0 aliphatic carbocycles. The van der Waals surface area contributed by atoms with Crippen LogP contribution in [-0.4, -0.2) is 39.0 Å². The fourth-order valence-corrected chi connectivity index (χ4v) is 4.34. The predicted octanol–water partition coefficient (Wildman–Crippen LogP) is 0.509. The molecule has 1 fully saturated rings. The van der Waals surface area contributed by atoms with Gasteiger partial charge in [-0.05, 0) is 12.5 Å². The zero-order valence-corrected chi connectivity index (χ0v) is 12.3. The average molecular weight is 311 g/mol. The smallest absolute Gasteiger partial charge is 0.224 e. The number of benzene rings is 1. The molecular formula is C14H17NO5S. The number of ether oxygens (including phenoxy) is 2. The number of hydrogen-bond acceptors (Lipinski definition) is 5. The van der Waals surface area contributed by atoms with Crippen LogP contribution >= 0.6 is 0 Å². The lowest BCUT2D eigenvalue weighted by atomic mass is 10.1. The van der Waals surface area contributed by atoms with Gasteiger partial charge in [0.2, 0.25) is 5.91 Å². The van der Waals surface area contributed by atoms with Gasteiger partial charge in [0, 0.05) is 12.1 Å². The molecule has 0 aromatic heterocycles. The summed E-state index contributed by atoms with van der Waals surface area (Å²) >= 11 is 0. The summed E-state index contributed by atoms with van der Waals surface area (Å²) in [6, 6.07) is 5.53. The molecule has 21 heavy (non-hydrogen) atoms. The average Bonchev–Trinajstić information content (AvgIpc) is 2.85. The second-order valence-electron chi connectivity index (χ2n) is 5.26. The lowest BCUT2D eigenvalue weighted by molar-refractivity contribution is -0.124. The normalized spacial score (nSPS) is 22.8. The molecule has 2 aliphatic rings. The highest BCUT2D eigenvalue weighted by molar-refractivity contribution is 7.91. The van der Waals surface area contributed by atoms with Gasteiger partial charge < -0.3 is 14.8 Å². The van der Waals surface area contributed by atoms with E-state index < -0.39 is 15.8 Å². The van der Waals surface area contributed by atoms with Crippen molar-refractivity contribution >= 4 is 15.7 Å². The highest BCUT2D eigenvalue weighted by Gasteiger charge is 2.32. The number of para-hydroxylation sites is 1. The van der Waals surface area contributed by atoms with Gasteiger partial charge in [0.25, 0.3) is 0 Å². The Morgan fingerprint density at radius 2 is 2.10 bits per heavy atom. The van der Waals surface area contributed by atoms with Crippen LogP contribution in [0.3, 0.4) is 0 Å². The molecule has 1 amide bonds. The summed E-state index contributed by atoms with van der Waals surface area (Å²) in [6.45, 7) is 1.31. The molecule has 1 aromatic carbocycles.